The largest absolute Gasteiger partial charge is 0.511 e. The minimum absolute atomic E-state index is 0.0339. The first-order valence-electron chi connectivity index (χ1n) is 6.10. The van der Waals surface area contributed by atoms with Crippen LogP contribution in [0.4, 0.5) is 0 Å². The Labute approximate surface area is 114 Å². The molecule has 0 saturated heterocycles. The molecule has 0 aliphatic rings. The van der Waals surface area contributed by atoms with Gasteiger partial charge in [-0.05, 0) is 18.6 Å². The molecule has 3 N–H and O–H groups in total. The third kappa shape index (κ3) is 2.68. The number of allylic oxidation sites excluding steroid dienone is 2. The van der Waals surface area contributed by atoms with Crippen molar-refractivity contribution < 1.29 is 10.2 Å². The smallest absolute Gasteiger partial charge is 0.259 e. The van der Waals surface area contributed by atoms with E-state index in [-0.39, 0.29) is 35.7 Å². The van der Waals surface area contributed by atoms with Crippen molar-refractivity contribution >= 4 is 16.5 Å². The maximum Gasteiger partial charge on any atom is 0.259 e. The van der Waals surface area contributed by atoms with Crippen LogP contribution >= 0.6 is 0 Å². The first-order chi connectivity index (χ1) is 9.67. The molecule has 1 aromatic heterocycles. The lowest BCUT2D eigenvalue weighted by Gasteiger charge is -2.04. The van der Waals surface area contributed by atoms with Crippen molar-refractivity contribution in [3.63, 3.8) is 0 Å². The summed E-state index contributed by atoms with van der Waals surface area (Å²) in [4.78, 5) is 18.6. The molecule has 1 aromatic carbocycles. The van der Waals surface area contributed by atoms with Crippen molar-refractivity contribution in [2.24, 2.45) is 0 Å². The van der Waals surface area contributed by atoms with Gasteiger partial charge in [0, 0.05) is 13.0 Å². The van der Waals surface area contributed by atoms with Crippen LogP contribution in [-0.2, 0) is 0 Å². The molecule has 0 atom stereocenters. The molecule has 0 aliphatic carbocycles. The van der Waals surface area contributed by atoms with Gasteiger partial charge in [0.2, 0.25) is 0 Å². The van der Waals surface area contributed by atoms with E-state index in [1.807, 2.05) is 6.07 Å². The lowest BCUT2D eigenvalue weighted by molar-refractivity contribution is 0.276. The summed E-state index contributed by atoms with van der Waals surface area (Å²) in [6, 6.07) is 8.58. The standard InChI is InChI=1S/C14H13N3O3/c15-8-10(12(19)6-3-7-18)13-16-11-5-2-1-4-9(11)14(20)17-13/h1-2,4-5,18-19H,3,6-7H2,(H,16,17,20)/b12-10-. The van der Waals surface area contributed by atoms with Gasteiger partial charge in [-0.1, -0.05) is 12.1 Å². The van der Waals surface area contributed by atoms with E-state index in [2.05, 4.69) is 9.97 Å². The summed E-state index contributed by atoms with van der Waals surface area (Å²) in [5.74, 6) is -0.161. The van der Waals surface area contributed by atoms with Crippen LogP contribution in [0.3, 0.4) is 0 Å². The molecular formula is C14H13N3O3. The number of nitrogens with zero attached hydrogens (tertiary/aromatic N) is 2. The fourth-order valence-electron chi connectivity index (χ4n) is 1.83. The van der Waals surface area contributed by atoms with Crippen LogP contribution in [0.25, 0.3) is 16.5 Å². The van der Waals surface area contributed by atoms with E-state index in [0.717, 1.165) is 0 Å². The zero-order valence-electron chi connectivity index (χ0n) is 10.6. The Bertz CT molecular complexity index is 756. The molecule has 2 rings (SSSR count). The number of benzene rings is 1. The summed E-state index contributed by atoms with van der Waals surface area (Å²) in [6.45, 7) is -0.0928. The summed E-state index contributed by atoms with van der Waals surface area (Å²) in [5, 5.41) is 28.1. The van der Waals surface area contributed by atoms with Gasteiger partial charge in [-0.2, -0.15) is 5.26 Å². The highest BCUT2D eigenvalue weighted by molar-refractivity contribution is 5.81. The van der Waals surface area contributed by atoms with E-state index in [9.17, 15) is 9.90 Å². The van der Waals surface area contributed by atoms with E-state index in [1.165, 1.54) is 0 Å². The monoisotopic (exact) mass is 271 g/mol. The second kappa shape index (κ2) is 5.99. The van der Waals surface area contributed by atoms with E-state index < -0.39 is 0 Å². The number of aromatic nitrogens is 2. The van der Waals surface area contributed by atoms with Crippen LogP contribution in [0.15, 0.2) is 34.8 Å². The number of para-hydroxylation sites is 1. The Morgan fingerprint density at radius 1 is 1.40 bits per heavy atom. The highest BCUT2D eigenvalue weighted by Crippen LogP contribution is 2.17. The first-order valence-corrected chi connectivity index (χ1v) is 6.10. The molecule has 20 heavy (non-hydrogen) atoms. The summed E-state index contributed by atoms with van der Waals surface area (Å²) in [7, 11) is 0. The van der Waals surface area contributed by atoms with E-state index in [0.29, 0.717) is 17.3 Å². The van der Waals surface area contributed by atoms with Gasteiger partial charge in [-0.15, -0.1) is 0 Å². The Hall–Kier alpha value is -2.65. The molecular weight excluding hydrogens is 258 g/mol. The predicted molar refractivity (Wildman–Crippen MR) is 73.8 cm³/mol. The molecule has 1 heterocycles. The molecule has 6 nitrogen and oxygen atoms in total. The number of aromatic amines is 1. The minimum atomic E-state index is -0.367. The quantitative estimate of drug-likeness (QED) is 0.576. The fraction of sp³-hybridized carbons (Fsp3) is 0.214. The summed E-state index contributed by atoms with van der Waals surface area (Å²) >= 11 is 0. The first kappa shape index (κ1) is 13.8. The van der Waals surface area contributed by atoms with Crippen molar-refractivity contribution in [3.8, 4) is 6.07 Å². The summed E-state index contributed by atoms with van der Waals surface area (Å²) in [5.41, 5.74) is 0.00331. The zero-order chi connectivity index (χ0) is 14.5. The molecule has 0 unspecified atom stereocenters. The molecule has 0 amide bonds. The summed E-state index contributed by atoms with van der Waals surface area (Å²) < 4.78 is 0. The minimum Gasteiger partial charge on any atom is -0.511 e. The van der Waals surface area contributed by atoms with Gasteiger partial charge >= 0.3 is 0 Å². The predicted octanol–water partition coefficient (Wildman–Crippen LogP) is 1.49. The number of H-pyrrole nitrogens is 1. The topological polar surface area (TPSA) is 110 Å². The van der Waals surface area contributed by atoms with Crippen LogP contribution in [-0.4, -0.2) is 26.8 Å². The maximum atomic E-state index is 11.9. The number of nitrogens with one attached hydrogen (secondary N) is 1. The fourth-order valence-corrected chi connectivity index (χ4v) is 1.83. The molecule has 0 spiro atoms. The average Bonchev–Trinajstić information content (AvgIpc) is 2.46. The SMILES string of the molecule is N#C/C(=C(/O)CCCO)c1nc2ccccc2c(=O)[nH]1. The van der Waals surface area contributed by atoms with Crippen LogP contribution in [0.2, 0.25) is 0 Å². The lowest BCUT2D eigenvalue weighted by Crippen LogP contribution is -2.12. The van der Waals surface area contributed by atoms with Gasteiger partial charge < -0.3 is 15.2 Å². The van der Waals surface area contributed by atoms with Crippen molar-refractivity contribution in [2.75, 3.05) is 6.61 Å². The van der Waals surface area contributed by atoms with Gasteiger partial charge in [-0.3, -0.25) is 4.79 Å². The van der Waals surface area contributed by atoms with Crippen LogP contribution in [0.1, 0.15) is 18.7 Å². The van der Waals surface area contributed by atoms with Gasteiger partial charge in [-0.25, -0.2) is 4.98 Å². The van der Waals surface area contributed by atoms with Crippen molar-refractivity contribution in [3.05, 3.63) is 46.2 Å². The van der Waals surface area contributed by atoms with Crippen molar-refractivity contribution in [1.82, 2.24) is 9.97 Å². The number of hydrogen-bond donors (Lipinski definition) is 3. The number of rotatable bonds is 4. The van der Waals surface area contributed by atoms with Gasteiger partial charge in [0.05, 0.1) is 10.9 Å². The zero-order valence-corrected chi connectivity index (χ0v) is 10.6. The molecule has 2 aromatic rings. The normalized spacial score (nSPS) is 12.0. The molecule has 0 radical (unpaired) electrons. The van der Waals surface area contributed by atoms with E-state index >= 15 is 0 Å². The average molecular weight is 271 g/mol. The molecule has 0 bridgehead atoms. The molecule has 0 fully saturated rings. The van der Waals surface area contributed by atoms with Crippen molar-refractivity contribution in [1.29, 1.82) is 5.26 Å². The number of nitriles is 1. The number of fused-ring (bicyclic) bond motifs is 1. The third-order valence-corrected chi connectivity index (χ3v) is 2.82. The highest BCUT2D eigenvalue weighted by atomic mass is 16.3. The number of aliphatic hydroxyl groups excluding tert-OH is 2. The number of aliphatic hydroxyl groups is 2. The Morgan fingerprint density at radius 3 is 2.85 bits per heavy atom. The van der Waals surface area contributed by atoms with Gasteiger partial charge in [0.1, 0.15) is 17.4 Å². The number of hydrogen-bond acceptors (Lipinski definition) is 5. The third-order valence-electron chi connectivity index (χ3n) is 2.82. The van der Waals surface area contributed by atoms with Crippen molar-refractivity contribution in [2.45, 2.75) is 12.8 Å². The van der Waals surface area contributed by atoms with Crippen LogP contribution < -0.4 is 5.56 Å². The molecule has 0 aliphatic heterocycles. The highest BCUT2D eigenvalue weighted by Gasteiger charge is 2.12. The summed E-state index contributed by atoms with van der Waals surface area (Å²) in [6.07, 6.45) is 0.477. The second-order valence-corrected chi connectivity index (χ2v) is 4.19. The van der Waals surface area contributed by atoms with Gasteiger partial charge in [0.25, 0.3) is 5.56 Å². The lowest BCUT2D eigenvalue weighted by atomic mass is 10.1. The Morgan fingerprint density at radius 2 is 2.15 bits per heavy atom. The van der Waals surface area contributed by atoms with E-state index in [1.54, 1.807) is 24.3 Å². The molecule has 6 heteroatoms. The molecule has 102 valence electrons. The van der Waals surface area contributed by atoms with Crippen LogP contribution in [0, 0.1) is 11.3 Å². The Kier molecular flexibility index (Phi) is 4.13. The Balaban J connectivity index is 2.57. The maximum absolute atomic E-state index is 11.9. The van der Waals surface area contributed by atoms with E-state index in [4.69, 9.17) is 10.4 Å². The second-order valence-electron chi connectivity index (χ2n) is 4.19. The van der Waals surface area contributed by atoms with Gasteiger partial charge in [0.15, 0.2) is 5.82 Å². The molecule has 0 saturated carbocycles. The van der Waals surface area contributed by atoms with Crippen LogP contribution in [0.5, 0.6) is 0 Å².